The van der Waals surface area contributed by atoms with Crippen molar-refractivity contribution in [3.05, 3.63) is 64.7 Å². The van der Waals surface area contributed by atoms with E-state index in [0.29, 0.717) is 17.3 Å². The Labute approximate surface area is 153 Å². The predicted molar refractivity (Wildman–Crippen MR) is 102 cm³/mol. The van der Waals surface area contributed by atoms with Gasteiger partial charge in [0, 0.05) is 23.3 Å². The molecular formula is C20H23ClN2O2. The monoisotopic (exact) mass is 358 g/mol. The van der Waals surface area contributed by atoms with Crippen LogP contribution in [0.25, 0.3) is 0 Å². The topological polar surface area (TPSA) is 49.4 Å². The van der Waals surface area contributed by atoms with Crippen molar-refractivity contribution in [1.29, 1.82) is 0 Å². The van der Waals surface area contributed by atoms with Gasteiger partial charge in [0.2, 0.25) is 11.8 Å². The number of amides is 2. The molecule has 4 nitrogen and oxygen atoms in total. The van der Waals surface area contributed by atoms with Crippen LogP contribution in [0.4, 0.5) is 5.69 Å². The maximum atomic E-state index is 12.5. The lowest BCUT2D eigenvalue weighted by atomic mass is 10.1. The number of carbonyl (C=O) groups excluding carboxylic acids is 2. The first-order chi connectivity index (χ1) is 11.9. The minimum absolute atomic E-state index is 0.00863. The standard InChI is InChI=1S/C20H23ClN2O2/c1-14(2)23(13-16-7-5-4-6-8-16)20(25)12-19(24)22-17-10-9-15(3)18(21)11-17/h4-11,14H,12-13H2,1-3H3,(H,22,24). The summed E-state index contributed by atoms with van der Waals surface area (Å²) in [6, 6.07) is 15.0. The van der Waals surface area contributed by atoms with Crippen LogP contribution in [0.5, 0.6) is 0 Å². The summed E-state index contributed by atoms with van der Waals surface area (Å²) in [6.45, 7) is 6.26. The molecule has 0 aliphatic heterocycles. The Bertz CT molecular complexity index is 745. The van der Waals surface area contributed by atoms with Gasteiger partial charge in [-0.05, 0) is 44.0 Å². The summed E-state index contributed by atoms with van der Waals surface area (Å²) in [7, 11) is 0. The van der Waals surface area contributed by atoms with E-state index in [1.54, 1.807) is 17.0 Å². The fraction of sp³-hybridized carbons (Fsp3) is 0.300. The number of aryl methyl sites for hydroxylation is 1. The third-order valence-electron chi connectivity index (χ3n) is 3.91. The van der Waals surface area contributed by atoms with Gasteiger partial charge >= 0.3 is 0 Å². The molecule has 2 amide bonds. The number of benzene rings is 2. The van der Waals surface area contributed by atoms with Gasteiger partial charge in [-0.15, -0.1) is 0 Å². The maximum Gasteiger partial charge on any atom is 0.233 e. The summed E-state index contributed by atoms with van der Waals surface area (Å²) in [4.78, 5) is 26.5. The van der Waals surface area contributed by atoms with Gasteiger partial charge in [0.1, 0.15) is 6.42 Å². The van der Waals surface area contributed by atoms with E-state index in [0.717, 1.165) is 11.1 Å². The van der Waals surface area contributed by atoms with Gasteiger partial charge < -0.3 is 10.2 Å². The summed E-state index contributed by atoms with van der Waals surface area (Å²) in [5.41, 5.74) is 2.56. The molecule has 1 N–H and O–H groups in total. The molecule has 2 rings (SSSR count). The first-order valence-electron chi connectivity index (χ1n) is 8.26. The highest BCUT2D eigenvalue weighted by Gasteiger charge is 2.20. The second-order valence-corrected chi connectivity index (χ2v) is 6.70. The van der Waals surface area contributed by atoms with E-state index in [2.05, 4.69) is 5.32 Å². The van der Waals surface area contributed by atoms with Gasteiger partial charge in [0.15, 0.2) is 0 Å². The Hall–Kier alpha value is -2.33. The summed E-state index contributed by atoms with van der Waals surface area (Å²) in [6.07, 6.45) is -0.198. The molecular weight excluding hydrogens is 336 g/mol. The smallest absolute Gasteiger partial charge is 0.233 e. The van der Waals surface area contributed by atoms with Crippen molar-refractivity contribution >= 4 is 29.1 Å². The lowest BCUT2D eigenvalue weighted by Crippen LogP contribution is -2.38. The molecule has 132 valence electrons. The van der Waals surface area contributed by atoms with Crippen LogP contribution in [0.1, 0.15) is 31.4 Å². The Morgan fingerprint density at radius 2 is 1.80 bits per heavy atom. The van der Waals surface area contributed by atoms with E-state index < -0.39 is 0 Å². The number of hydrogen-bond acceptors (Lipinski definition) is 2. The van der Waals surface area contributed by atoms with Gasteiger partial charge in [-0.25, -0.2) is 0 Å². The predicted octanol–water partition coefficient (Wildman–Crippen LogP) is 4.41. The van der Waals surface area contributed by atoms with E-state index >= 15 is 0 Å². The van der Waals surface area contributed by atoms with Gasteiger partial charge in [0.05, 0.1) is 0 Å². The van der Waals surface area contributed by atoms with E-state index in [1.807, 2.05) is 57.2 Å². The Morgan fingerprint density at radius 1 is 1.12 bits per heavy atom. The van der Waals surface area contributed by atoms with Crippen molar-refractivity contribution in [3.63, 3.8) is 0 Å². The van der Waals surface area contributed by atoms with E-state index in [9.17, 15) is 9.59 Å². The number of hydrogen-bond donors (Lipinski definition) is 1. The van der Waals surface area contributed by atoms with Crippen LogP contribution in [0, 0.1) is 6.92 Å². The van der Waals surface area contributed by atoms with Crippen LogP contribution >= 0.6 is 11.6 Å². The molecule has 0 radical (unpaired) electrons. The number of anilines is 1. The molecule has 0 aromatic heterocycles. The molecule has 0 saturated carbocycles. The number of halogens is 1. The first-order valence-corrected chi connectivity index (χ1v) is 8.64. The third-order valence-corrected chi connectivity index (χ3v) is 4.31. The molecule has 0 saturated heterocycles. The maximum absolute atomic E-state index is 12.5. The number of carbonyl (C=O) groups is 2. The summed E-state index contributed by atoms with van der Waals surface area (Å²) >= 11 is 6.06. The molecule has 0 atom stereocenters. The van der Waals surface area contributed by atoms with Crippen LogP contribution in [0.3, 0.4) is 0 Å². The van der Waals surface area contributed by atoms with Crippen LogP contribution < -0.4 is 5.32 Å². The minimum atomic E-state index is -0.344. The zero-order chi connectivity index (χ0) is 18.4. The average molecular weight is 359 g/mol. The van der Waals surface area contributed by atoms with Gasteiger partial charge in [-0.3, -0.25) is 9.59 Å². The van der Waals surface area contributed by atoms with Crippen molar-refractivity contribution in [1.82, 2.24) is 4.90 Å². The third kappa shape index (κ3) is 5.61. The second-order valence-electron chi connectivity index (χ2n) is 6.29. The van der Waals surface area contributed by atoms with Gasteiger partial charge in [-0.1, -0.05) is 48.0 Å². The number of rotatable bonds is 6. The molecule has 0 spiro atoms. The Kier molecular flexibility index (Phi) is 6.59. The highest BCUT2D eigenvalue weighted by atomic mass is 35.5. The van der Waals surface area contributed by atoms with Gasteiger partial charge in [-0.2, -0.15) is 0 Å². The molecule has 2 aromatic rings. The fourth-order valence-electron chi connectivity index (χ4n) is 2.45. The normalized spacial score (nSPS) is 10.6. The molecule has 0 unspecified atom stereocenters. The lowest BCUT2D eigenvalue weighted by Gasteiger charge is -2.26. The van der Waals surface area contributed by atoms with Crippen LogP contribution in [0.2, 0.25) is 5.02 Å². The second kappa shape index (κ2) is 8.67. The molecule has 0 aliphatic rings. The summed E-state index contributed by atoms with van der Waals surface area (Å²) < 4.78 is 0. The number of nitrogens with one attached hydrogen (secondary N) is 1. The van der Waals surface area contributed by atoms with Crippen molar-refractivity contribution in [2.75, 3.05) is 5.32 Å². The van der Waals surface area contributed by atoms with Crippen molar-refractivity contribution in [3.8, 4) is 0 Å². The molecule has 2 aromatic carbocycles. The fourth-order valence-corrected chi connectivity index (χ4v) is 2.63. The van der Waals surface area contributed by atoms with Crippen molar-refractivity contribution in [2.45, 2.75) is 39.8 Å². The minimum Gasteiger partial charge on any atom is -0.336 e. The Morgan fingerprint density at radius 3 is 2.40 bits per heavy atom. The van der Waals surface area contributed by atoms with Crippen LogP contribution in [0.15, 0.2) is 48.5 Å². The highest BCUT2D eigenvalue weighted by molar-refractivity contribution is 6.31. The van der Waals surface area contributed by atoms with Crippen molar-refractivity contribution < 1.29 is 9.59 Å². The molecule has 0 fully saturated rings. The Balaban J connectivity index is 1.99. The highest BCUT2D eigenvalue weighted by Crippen LogP contribution is 2.20. The molecule has 0 bridgehead atoms. The number of nitrogens with zero attached hydrogens (tertiary/aromatic N) is 1. The lowest BCUT2D eigenvalue weighted by molar-refractivity contribution is -0.136. The molecule has 0 heterocycles. The zero-order valence-corrected chi connectivity index (χ0v) is 15.5. The van der Waals surface area contributed by atoms with E-state index in [-0.39, 0.29) is 24.3 Å². The quantitative estimate of drug-likeness (QED) is 0.777. The largest absolute Gasteiger partial charge is 0.336 e. The van der Waals surface area contributed by atoms with Gasteiger partial charge in [0.25, 0.3) is 0 Å². The van der Waals surface area contributed by atoms with E-state index in [4.69, 9.17) is 11.6 Å². The molecule has 5 heteroatoms. The molecule has 25 heavy (non-hydrogen) atoms. The van der Waals surface area contributed by atoms with Crippen LogP contribution in [-0.2, 0) is 16.1 Å². The first kappa shape index (κ1) is 19.0. The van der Waals surface area contributed by atoms with E-state index in [1.165, 1.54) is 0 Å². The summed E-state index contributed by atoms with van der Waals surface area (Å²) in [5.74, 6) is -0.543. The van der Waals surface area contributed by atoms with Crippen LogP contribution in [-0.4, -0.2) is 22.8 Å². The average Bonchev–Trinajstić information content (AvgIpc) is 2.56. The summed E-state index contributed by atoms with van der Waals surface area (Å²) in [5, 5.41) is 3.31. The zero-order valence-electron chi connectivity index (χ0n) is 14.8. The van der Waals surface area contributed by atoms with Crippen molar-refractivity contribution in [2.24, 2.45) is 0 Å². The molecule has 0 aliphatic carbocycles. The SMILES string of the molecule is Cc1ccc(NC(=O)CC(=O)N(Cc2ccccc2)C(C)C)cc1Cl.